The Bertz CT molecular complexity index is 1010. The number of carbonyl (C=O) groups excluding carboxylic acids is 1. The molecule has 0 radical (unpaired) electrons. The summed E-state index contributed by atoms with van der Waals surface area (Å²) in [6, 6.07) is 14.3. The van der Waals surface area contributed by atoms with Crippen molar-refractivity contribution in [3.05, 3.63) is 86.2 Å². The Kier molecular flexibility index (Phi) is 6.29. The largest absolute Gasteiger partial charge is 0.352 e. The van der Waals surface area contributed by atoms with Crippen molar-refractivity contribution in [2.24, 2.45) is 0 Å². The molecule has 1 amide bonds. The lowest BCUT2D eigenvalue weighted by molar-refractivity contribution is -0.384. The van der Waals surface area contributed by atoms with Gasteiger partial charge in [-0.2, -0.15) is 0 Å². The lowest BCUT2D eigenvalue weighted by Gasteiger charge is -2.04. The number of nitro benzene ring substituents is 1. The van der Waals surface area contributed by atoms with E-state index in [0.717, 1.165) is 21.8 Å². The van der Waals surface area contributed by atoms with E-state index in [1.165, 1.54) is 18.2 Å². The van der Waals surface area contributed by atoms with Gasteiger partial charge in [-0.15, -0.1) is 11.3 Å². The van der Waals surface area contributed by atoms with Gasteiger partial charge in [0, 0.05) is 35.7 Å². The maximum atomic E-state index is 11.9. The number of nitrogens with one attached hydrogen (secondary N) is 1. The van der Waals surface area contributed by atoms with Gasteiger partial charge in [-0.1, -0.05) is 36.4 Å². The van der Waals surface area contributed by atoms with E-state index < -0.39 is 4.92 Å². The number of aromatic nitrogens is 1. The molecule has 0 aliphatic rings. The normalized spacial score (nSPS) is 10.9. The minimum absolute atomic E-state index is 0.00110. The van der Waals surface area contributed by atoms with Gasteiger partial charge >= 0.3 is 0 Å². The Balaban J connectivity index is 1.48. The first kappa shape index (κ1) is 19.4. The SMILES string of the molecule is Cc1nc(-c2ccc(CCNC(=O)/C=C/c3cccc([N+](=O)[O-])c3)cc2)cs1. The van der Waals surface area contributed by atoms with E-state index in [1.807, 2.05) is 36.6 Å². The smallest absolute Gasteiger partial charge is 0.270 e. The number of aryl methyl sites for hydroxylation is 1. The third kappa shape index (κ3) is 5.34. The third-order valence-electron chi connectivity index (χ3n) is 4.09. The minimum atomic E-state index is -0.460. The van der Waals surface area contributed by atoms with E-state index >= 15 is 0 Å². The highest BCUT2D eigenvalue weighted by atomic mass is 32.1. The molecule has 3 rings (SSSR count). The molecule has 0 aliphatic heterocycles. The summed E-state index contributed by atoms with van der Waals surface area (Å²) in [4.78, 5) is 26.7. The lowest BCUT2D eigenvalue weighted by Crippen LogP contribution is -2.23. The van der Waals surface area contributed by atoms with Gasteiger partial charge in [0.15, 0.2) is 0 Å². The molecule has 7 heteroatoms. The molecule has 28 heavy (non-hydrogen) atoms. The molecule has 0 fully saturated rings. The van der Waals surface area contributed by atoms with Crippen molar-refractivity contribution in [1.82, 2.24) is 10.3 Å². The van der Waals surface area contributed by atoms with Crippen LogP contribution >= 0.6 is 11.3 Å². The van der Waals surface area contributed by atoms with Gasteiger partial charge in [-0.05, 0) is 30.5 Å². The predicted octanol–water partition coefficient (Wildman–Crippen LogP) is 4.40. The molecule has 1 N–H and O–H groups in total. The maximum absolute atomic E-state index is 11.9. The number of hydrogen-bond donors (Lipinski definition) is 1. The first-order valence-corrected chi connectivity index (χ1v) is 9.61. The van der Waals surface area contributed by atoms with Crippen LogP contribution in [0.4, 0.5) is 5.69 Å². The fourth-order valence-corrected chi connectivity index (χ4v) is 3.26. The van der Waals surface area contributed by atoms with Gasteiger partial charge in [0.2, 0.25) is 5.91 Å². The maximum Gasteiger partial charge on any atom is 0.270 e. The summed E-state index contributed by atoms with van der Waals surface area (Å²) in [6.07, 6.45) is 3.66. The Morgan fingerprint density at radius 2 is 2.04 bits per heavy atom. The Labute approximate surface area is 166 Å². The summed E-state index contributed by atoms with van der Waals surface area (Å²) in [5, 5.41) is 16.7. The molecule has 0 saturated heterocycles. The molecule has 2 aromatic carbocycles. The molecule has 0 aliphatic carbocycles. The zero-order chi connectivity index (χ0) is 19.9. The van der Waals surface area contributed by atoms with Crippen LogP contribution in [0.25, 0.3) is 17.3 Å². The van der Waals surface area contributed by atoms with Crippen LogP contribution in [0.1, 0.15) is 16.1 Å². The number of benzene rings is 2. The van der Waals surface area contributed by atoms with Crippen molar-refractivity contribution in [2.45, 2.75) is 13.3 Å². The van der Waals surface area contributed by atoms with E-state index in [9.17, 15) is 14.9 Å². The molecule has 1 aromatic heterocycles. The molecular weight excluding hydrogens is 374 g/mol. The van der Waals surface area contributed by atoms with E-state index in [0.29, 0.717) is 18.5 Å². The highest BCUT2D eigenvalue weighted by molar-refractivity contribution is 7.09. The number of carbonyl (C=O) groups is 1. The van der Waals surface area contributed by atoms with Gasteiger partial charge in [0.1, 0.15) is 0 Å². The number of non-ortho nitro benzene ring substituents is 1. The highest BCUT2D eigenvalue weighted by Crippen LogP contribution is 2.21. The average molecular weight is 393 g/mol. The van der Waals surface area contributed by atoms with Crippen molar-refractivity contribution in [3.8, 4) is 11.3 Å². The number of amides is 1. The quantitative estimate of drug-likeness (QED) is 0.366. The first-order valence-electron chi connectivity index (χ1n) is 8.73. The standard InChI is InChI=1S/C21H19N3O3S/c1-15-23-20(14-28-15)18-8-5-16(6-9-18)11-12-22-21(25)10-7-17-3-2-4-19(13-17)24(26)27/h2-10,13-14H,11-12H2,1H3,(H,22,25)/b10-7+. The molecule has 0 atom stereocenters. The zero-order valence-electron chi connectivity index (χ0n) is 15.3. The van der Waals surface area contributed by atoms with Crippen LogP contribution in [-0.4, -0.2) is 22.4 Å². The van der Waals surface area contributed by atoms with Crippen LogP contribution in [0.15, 0.2) is 60.0 Å². The van der Waals surface area contributed by atoms with Crippen LogP contribution in [0.3, 0.4) is 0 Å². The minimum Gasteiger partial charge on any atom is -0.352 e. The molecule has 0 unspecified atom stereocenters. The summed E-state index contributed by atoms with van der Waals surface area (Å²) in [5.41, 5.74) is 3.79. The van der Waals surface area contributed by atoms with Crippen LogP contribution in [0, 0.1) is 17.0 Å². The topological polar surface area (TPSA) is 85.1 Å². The first-order chi connectivity index (χ1) is 13.5. The zero-order valence-corrected chi connectivity index (χ0v) is 16.1. The van der Waals surface area contributed by atoms with Gasteiger partial charge < -0.3 is 5.32 Å². The second-order valence-corrected chi connectivity index (χ2v) is 7.24. The number of nitro groups is 1. The fourth-order valence-electron chi connectivity index (χ4n) is 2.64. The van der Waals surface area contributed by atoms with Crippen LogP contribution in [-0.2, 0) is 11.2 Å². The van der Waals surface area contributed by atoms with Gasteiger partial charge in [0.25, 0.3) is 5.69 Å². The Morgan fingerprint density at radius 1 is 1.25 bits per heavy atom. The summed E-state index contributed by atoms with van der Waals surface area (Å²) in [7, 11) is 0. The Morgan fingerprint density at radius 3 is 2.71 bits per heavy atom. The van der Waals surface area contributed by atoms with Crippen molar-refractivity contribution in [2.75, 3.05) is 6.54 Å². The number of rotatable bonds is 7. The predicted molar refractivity (Wildman–Crippen MR) is 111 cm³/mol. The molecular formula is C21H19N3O3S. The summed E-state index contributed by atoms with van der Waals surface area (Å²) in [5.74, 6) is -0.235. The van der Waals surface area contributed by atoms with Crippen molar-refractivity contribution in [1.29, 1.82) is 0 Å². The number of thiazole rings is 1. The van der Waals surface area contributed by atoms with E-state index in [2.05, 4.69) is 10.3 Å². The molecule has 6 nitrogen and oxygen atoms in total. The van der Waals surface area contributed by atoms with Crippen molar-refractivity contribution >= 4 is 29.0 Å². The van der Waals surface area contributed by atoms with E-state index in [-0.39, 0.29) is 11.6 Å². The molecule has 0 saturated carbocycles. The van der Waals surface area contributed by atoms with Crippen molar-refractivity contribution in [3.63, 3.8) is 0 Å². The number of hydrogen-bond acceptors (Lipinski definition) is 5. The van der Waals surface area contributed by atoms with E-state index in [4.69, 9.17) is 0 Å². The number of nitrogens with zero attached hydrogens (tertiary/aromatic N) is 2. The van der Waals surface area contributed by atoms with Gasteiger partial charge in [0.05, 0.1) is 15.6 Å². The molecule has 3 aromatic rings. The van der Waals surface area contributed by atoms with Crippen LogP contribution in [0.2, 0.25) is 0 Å². The van der Waals surface area contributed by atoms with Crippen LogP contribution < -0.4 is 5.32 Å². The van der Waals surface area contributed by atoms with Gasteiger partial charge in [-0.3, -0.25) is 14.9 Å². The Hall–Kier alpha value is -3.32. The lowest BCUT2D eigenvalue weighted by atomic mass is 10.1. The molecule has 1 heterocycles. The fraction of sp³-hybridized carbons (Fsp3) is 0.143. The monoisotopic (exact) mass is 393 g/mol. The van der Waals surface area contributed by atoms with Crippen molar-refractivity contribution < 1.29 is 9.72 Å². The second-order valence-electron chi connectivity index (χ2n) is 6.18. The average Bonchev–Trinajstić information content (AvgIpc) is 3.13. The summed E-state index contributed by atoms with van der Waals surface area (Å²) in [6.45, 7) is 2.49. The summed E-state index contributed by atoms with van der Waals surface area (Å²) >= 11 is 1.63. The molecule has 142 valence electrons. The molecule has 0 spiro atoms. The van der Waals surface area contributed by atoms with Crippen LogP contribution in [0.5, 0.6) is 0 Å². The molecule has 0 bridgehead atoms. The van der Waals surface area contributed by atoms with E-state index in [1.54, 1.807) is 29.5 Å². The third-order valence-corrected chi connectivity index (χ3v) is 4.86. The van der Waals surface area contributed by atoms with Gasteiger partial charge in [-0.25, -0.2) is 4.98 Å². The second kappa shape index (κ2) is 9.05. The summed E-state index contributed by atoms with van der Waals surface area (Å²) < 4.78 is 0. The highest BCUT2D eigenvalue weighted by Gasteiger charge is 2.05.